The average Bonchev–Trinajstić information content (AvgIpc) is 2.88. The molecule has 7 heteroatoms. The van der Waals surface area contributed by atoms with E-state index in [0.29, 0.717) is 11.9 Å². The zero-order valence-corrected chi connectivity index (χ0v) is 12.2. The maximum absolute atomic E-state index is 5.79. The summed E-state index contributed by atoms with van der Waals surface area (Å²) < 4.78 is 4.96. The Morgan fingerprint density at radius 1 is 1.32 bits per heavy atom. The zero-order chi connectivity index (χ0) is 13.7. The summed E-state index contributed by atoms with van der Waals surface area (Å²) in [7, 11) is 1.51. The van der Waals surface area contributed by atoms with Crippen molar-refractivity contribution in [1.82, 2.24) is 19.9 Å². The van der Waals surface area contributed by atoms with Crippen molar-refractivity contribution in [3.63, 3.8) is 0 Å². The van der Waals surface area contributed by atoms with Crippen LogP contribution in [-0.4, -0.2) is 53.1 Å². The van der Waals surface area contributed by atoms with Crippen LogP contribution in [0.1, 0.15) is 19.8 Å². The van der Waals surface area contributed by atoms with Crippen molar-refractivity contribution in [2.45, 2.75) is 19.8 Å². The highest BCUT2D eigenvalue weighted by Gasteiger charge is 2.15. The van der Waals surface area contributed by atoms with E-state index in [4.69, 9.17) is 16.3 Å². The number of likely N-dealkylation sites (tertiary alicyclic amines) is 1. The third kappa shape index (κ3) is 4.47. The van der Waals surface area contributed by atoms with E-state index in [0.717, 1.165) is 13.1 Å². The number of halogens is 1. The lowest BCUT2D eigenvalue weighted by Gasteiger charge is -2.20. The number of aromatic nitrogens is 3. The lowest BCUT2D eigenvalue weighted by molar-refractivity contribution is 0.294. The van der Waals surface area contributed by atoms with Crippen LogP contribution in [0.25, 0.3) is 0 Å². The number of hydrogen-bond donors (Lipinski definition) is 1. The van der Waals surface area contributed by atoms with Gasteiger partial charge in [-0.1, -0.05) is 6.92 Å². The number of nitrogens with zero attached hydrogens (tertiary/aromatic N) is 4. The molecule has 2 rings (SSSR count). The second-order valence-corrected chi connectivity index (χ2v) is 5.25. The first-order valence-corrected chi connectivity index (χ1v) is 6.97. The summed E-state index contributed by atoms with van der Waals surface area (Å²) in [5.74, 6) is 0.991. The lowest BCUT2D eigenvalue weighted by atomic mass is 10.1. The molecule has 1 aliphatic heterocycles. The SMILES string of the molecule is COc1nc(Cl)nc(NCC(C)CN2CCCC2)n1. The van der Waals surface area contributed by atoms with E-state index in [2.05, 4.69) is 32.1 Å². The molecule has 0 amide bonds. The first-order chi connectivity index (χ1) is 9.17. The van der Waals surface area contributed by atoms with Gasteiger partial charge in [-0.25, -0.2) is 0 Å². The molecule has 0 aromatic carbocycles. The Bertz CT molecular complexity index is 411. The van der Waals surface area contributed by atoms with E-state index >= 15 is 0 Å². The standard InChI is InChI=1S/C12H20ClN5O/c1-9(8-18-5-3-4-6-18)7-14-11-15-10(13)16-12(17-11)19-2/h9H,3-8H2,1-2H3,(H,14,15,16,17). The highest BCUT2D eigenvalue weighted by Crippen LogP contribution is 2.13. The summed E-state index contributed by atoms with van der Waals surface area (Å²) in [5.41, 5.74) is 0. The molecule has 106 valence electrons. The second-order valence-electron chi connectivity index (χ2n) is 4.91. The quantitative estimate of drug-likeness (QED) is 0.858. The molecule has 2 heterocycles. The number of hydrogen-bond acceptors (Lipinski definition) is 6. The molecule has 0 spiro atoms. The molecule has 1 fully saturated rings. The summed E-state index contributed by atoms with van der Waals surface area (Å²) in [6.07, 6.45) is 2.64. The fraction of sp³-hybridized carbons (Fsp3) is 0.750. The third-order valence-corrected chi connectivity index (χ3v) is 3.32. The molecule has 1 unspecified atom stereocenters. The molecule has 1 saturated heterocycles. The van der Waals surface area contributed by atoms with Gasteiger partial charge in [-0.3, -0.25) is 0 Å². The molecule has 0 saturated carbocycles. The maximum atomic E-state index is 5.79. The summed E-state index contributed by atoms with van der Waals surface area (Å²) in [4.78, 5) is 14.5. The van der Waals surface area contributed by atoms with Gasteiger partial charge in [-0.2, -0.15) is 15.0 Å². The van der Waals surface area contributed by atoms with E-state index in [1.165, 1.54) is 33.0 Å². The highest BCUT2D eigenvalue weighted by atomic mass is 35.5. The smallest absolute Gasteiger partial charge is 0.322 e. The van der Waals surface area contributed by atoms with E-state index in [1.54, 1.807) is 0 Å². The normalized spacial score (nSPS) is 17.4. The van der Waals surface area contributed by atoms with Gasteiger partial charge < -0.3 is 15.0 Å². The maximum Gasteiger partial charge on any atom is 0.322 e. The molecule has 1 aromatic rings. The van der Waals surface area contributed by atoms with Gasteiger partial charge in [0.05, 0.1) is 7.11 Å². The predicted octanol–water partition coefficient (Wildman–Crippen LogP) is 1.68. The van der Waals surface area contributed by atoms with Gasteiger partial charge in [-0.15, -0.1) is 0 Å². The van der Waals surface area contributed by atoms with Crippen molar-refractivity contribution in [3.05, 3.63) is 5.28 Å². The summed E-state index contributed by atoms with van der Waals surface area (Å²) in [6.45, 7) is 6.56. The Kier molecular flexibility index (Phi) is 5.15. The molecule has 1 atom stereocenters. The van der Waals surface area contributed by atoms with Crippen molar-refractivity contribution in [2.75, 3.05) is 38.6 Å². The molecule has 1 N–H and O–H groups in total. The Balaban J connectivity index is 1.82. The van der Waals surface area contributed by atoms with Crippen molar-refractivity contribution in [2.24, 2.45) is 5.92 Å². The van der Waals surface area contributed by atoms with Crippen molar-refractivity contribution in [1.29, 1.82) is 0 Å². The first kappa shape index (κ1) is 14.3. The van der Waals surface area contributed by atoms with Gasteiger partial charge in [0.2, 0.25) is 11.2 Å². The Labute approximate surface area is 118 Å². The summed E-state index contributed by atoms with van der Waals surface area (Å²) in [6, 6.07) is 0.231. The Hall–Kier alpha value is -1.14. The van der Waals surface area contributed by atoms with Crippen LogP contribution in [0.4, 0.5) is 5.95 Å². The Morgan fingerprint density at radius 2 is 2.05 bits per heavy atom. The van der Waals surface area contributed by atoms with Gasteiger partial charge in [-0.05, 0) is 43.5 Å². The lowest BCUT2D eigenvalue weighted by Crippen LogP contribution is -2.29. The predicted molar refractivity (Wildman–Crippen MR) is 74.7 cm³/mol. The van der Waals surface area contributed by atoms with Crippen molar-refractivity contribution < 1.29 is 4.74 Å². The van der Waals surface area contributed by atoms with Crippen LogP contribution in [0.5, 0.6) is 6.01 Å². The van der Waals surface area contributed by atoms with Crippen LogP contribution in [0.15, 0.2) is 0 Å². The van der Waals surface area contributed by atoms with E-state index in [1.807, 2.05) is 0 Å². The molecule has 1 aromatic heterocycles. The molecular weight excluding hydrogens is 266 g/mol. The van der Waals surface area contributed by atoms with Gasteiger partial charge in [0.25, 0.3) is 0 Å². The number of ether oxygens (including phenoxy) is 1. The fourth-order valence-corrected chi connectivity index (χ4v) is 2.39. The van der Waals surface area contributed by atoms with Gasteiger partial charge in [0.15, 0.2) is 0 Å². The van der Waals surface area contributed by atoms with E-state index in [9.17, 15) is 0 Å². The van der Waals surface area contributed by atoms with Crippen LogP contribution in [0.3, 0.4) is 0 Å². The fourth-order valence-electron chi connectivity index (χ4n) is 2.24. The minimum atomic E-state index is 0.140. The van der Waals surface area contributed by atoms with Gasteiger partial charge in [0, 0.05) is 13.1 Å². The first-order valence-electron chi connectivity index (χ1n) is 6.59. The van der Waals surface area contributed by atoms with Gasteiger partial charge >= 0.3 is 6.01 Å². The monoisotopic (exact) mass is 285 g/mol. The topological polar surface area (TPSA) is 63.2 Å². The average molecular weight is 286 g/mol. The van der Waals surface area contributed by atoms with Crippen LogP contribution in [0, 0.1) is 5.92 Å². The molecule has 19 heavy (non-hydrogen) atoms. The highest BCUT2D eigenvalue weighted by molar-refractivity contribution is 6.28. The molecular formula is C12H20ClN5O. The molecule has 0 bridgehead atoms. The van der Waals surface area contributed by atoms with Crippen molar-refractivity contribution >= 4 is 17.5 Å². The van der Waals surface area contributed by atoms with E-state index < -0.39 is 0 Å². The van der Waals surface area contributed by atoms with Gasteiger partial charge in [0.1, 0.15) is 0 Å². The Morgan fingerprint density at radius 3 is 2.74 bits per heavy atom. The molecule has 0 aliphatic carbocycles. The number of nitrogens with one attached hydrogen (secondary N) is 1. The summed E-state index contributed by atoms with van der Waals surface area (Å²) in [5, 5.41) is 3.32. The number of anilines is 1. The minimum absolute atomic E-state index is 0.140. The minimum Gasteiger partial charge on any atom is -0.467 e. The largest absolute Gasteiger partial charge is 0.467 e. The zero-order valence-electron chi connectivity index (χ0n) is 11.4. The van der Waals surface area contributed by atoms with E-state index in [-0.39, 0.29) is 11.3 Å². The van der Waals surface area contributed by atoms with Crippen LogP contribution in [0.2, 0.25) is 5.28 Å². The van der Waals surface area contributed by atoms with Crippen LogP contribution < -0.4 is 10.1 Å². The molecule has 6 nitrogen and oxygen atoms in total. The molecule has 1 aliphatic rings. The van der Waals surface area contributed by atoms with Crippen LogP contribution in [-0.2, 0) is 0 Å². The second kappa shape index (κ2) is 6.86. The number of rotatable bonds is 6. The summed E-state index contributed by atoms with van der Waals surface area (Å²) >= 11 is 5.79. The molecule has 0 radical (unpaired) electrons. The number of methoxy groups -OCH3 is 1. The van der Waals surface area contributed by atoms with Crippen molar-refractivity contribution in [3.8, 4) is 6.01 Å². The van der Waals surface area contributed by atoms with Crippen LogP contribution >= 0.6 is 11.6 Å². The third-order valence-electron chi connectivity index (χ3n) is 3.15.